The molecule has 1 unspecified atom stereocenters. The number of ether oxygens (including phenoxy) is 1. The van der Waals surface area contributed by atoms with Crippen LogP contribution in [0.2, 0.25) is 0 Å². The Bertz CT molecular complexity index is 949. The first-order chi connectivity index (χ1) is 13.4. The first kappa shape index (κ1) is 21.4. The predicted molar refractivity (Wildman–Crippen MR) is 113 cm³/mol. The third kappa shape index (κ3) is 4.63. The largest absolute Gasteiger partial charge is 0.444 e. The van der Waals surface area contributed by atoms with E-state index in [9.17, 15) is 9.59 Å². The number of carbonyl (C=O) groups is 2. The molecule has 10 heteroatoms. The Hall–Kier alpha value is -2.36. The minimum atomic E-state index is -0.578. The number of nitrogens with two attached hydrogens (primary N) is 1. The molecule has 158 valence electrons. The molecule has 0 saturated carbocycles. The van der Waals surface area contributed by atoms with Crippen LogP contribution in [0, 0.1) is 5.41 Å². The van der Waals surface area contributed by atoms with Gasteiger partial charge in [0.25, 0.3) is 5.91 Å². The quantitative estimate of drug-likeness (QED) is 0.717. The van der Waals surface area contributed by atoms with E-state index in [0.29, 0.717) is 35.4 Å². The maximum Gasteiger partial charge on any atom is 0.410 e. The van der Waals surface area contributed by atoms with Gasteiger partial charge in [0.15, 0.2) is 5.65 Å². The number of amides is 2. The van der Waals surface area contributed by atoms with Gasteiger partial charge in [0, 0.05) is 24.5 Å². The van der Waals surface area contributed by atoms with E-state index in [1.165, 1.54) is 6.20 Å². The number of rotatable bonds is 3. The molecule has 3 heterocycles. The molecule has 0 bridgehead atoms. The highest BCUT2D eigenvalue weighted by molar-refractivity contribution is 9.10. The summed E-state index contributed by atoms with van der Waals surface area (Å²) < 4.78 is 7.70. The van der Waals surface area contributed by atoms with Crippen LogP contribution >= 0.6 is 15.9 Å². The molecule has 0 radical (unpaired) electrons. The van der Waals surface area contributed by atoms with Crippen LogP contribution in [0.1, 0.15) is 51.4 Å². The number of fused-ring (bicyclic) bond motifs is 1. The zero-order chi connectivity index (χ0) is 21.6. The lowest BCUT2D eigenvalue weighted by atomic mass is 9.79. The highest BCUT2D eigenvalue weighted by Crippen LogP contribution is 2.34. The molecule has 1 atom stereocenters. The molecule has 0 aliphatic carbocycles. The van der Waals surface area contributed by atoms with Gasteiger partial charge in [-0.25, -0.2) is 14.3 Å². The topological polar surface area (TPSA) is 115 Å². The fourth-order valence-electron chi connectivity index (χ4n) is 3.52. The van der Waals surface area contributed by atoms with Crippen LogP contribution in [0.3, 0.4) is 0 Å². The number of carbonyl (C=O) groups excluding carboxylic acids is 2. The molecule has 0 aromatic carbocycles. The fourth-order valence-corrected chi connectivity index (χ4v) is 3.88. The Balaban J connectivity index is 1.85. The number of nitrogens with one attached hydrogen (secondary N) is 1. The molecule has 1 saturated heterocycles. The molecule has 1 aliphatic heterocycles. The van der Waals surface area contributed by atoms with Gasteiger partial charge in [0.1, 0.15) is 10.2 Å². The van der Waals surface area contributed by atoms with Gasteiger partial charge in [0.2, 0.25) is 0 Å². The minimum Gasteiger partial charge on any atom is -0.444 e. The number of primary amides is 1. The van der Waals surface area contributed by atoms with E-state index in [0.717, 1.165) is 0 Å². The second-order valence-electron chi connectivity index (χ2n) is 9.01. The molecule has 9 nitrogen and oxygen atoms in total. The number of imidazole rings is 1. The van der Waals surface area contributed by atoms with Crippen molar-refractivity contribution in [3.05, 3.63) is 22.6 Å². The third-order valence-electron chi connectivity index (χ3n) is 4.93. The van der Waals surface area contributed by atoms with E-state index in [1.807, 2.05) is 20.8 Å². The molecule has 3 N–H and O–H groups in total. The number of hydrogen-bond acceptors (Lipinski definition) is 6. The molecule has 2 aromatic heterocycles. The summed E-state index contributed by atoms with van der Waals surface area (Å²) in [5.41, 5.74) is 6.08. The number of hydrogen-bond donors (Lipinski definition) is 2. The maximum atomic E-state index is 12.5. The molecule has 29 heavy (non-hydrogen) atoms. The predicted octanol–water partition coefficient (Wildman–Crippen LogP) is 3.04. The first-order valence-electron chi connectivity index (χ1n) is 9.45. The van der Waals surface area contributed by atoms with Gasteiger partial charge in [0.05, 0.1) is 23.6 Å². The van der Waals surface area contributed by atoms with Gasteiger partial charge >= 0.3 is 6.09 Å². The van der Waals surface area contributed by atoms with E-state index in [-0.39, 0.29) is 23.1 Å². The molecule has 0 spiro atoms. The summed E-state index contributed by atoms with van der Waals surface area (Å²) in [7, 11) is 0. The van der Waals surface area contributed by atoms with Crippen LogP contribution in [-0.4, -0.2) is 56.2 Å². The minimum absolute atomic E-state index is 0.0130. The van der Waals surface area contributed by atoms with Gasteiger partial charge in [-0.2, -0.15) is 5.10 Å². The average molecular weight is 467 g/mol. The Morgan fingerprint density at radius 2 is 2.07 bits per heavy atom. The van der Waals surface area contributed by atoms with Crippen molar-refractivity contribution >= 4 is 39.3 Å². The third-order valence-corrected chi connectivity index (χ3v) is 5.31. The maximum absolute atomic E-state index is 12.5. The number of piperidine rings is 1. The van der Waals surface area contributed by atoms with Crippen LogP contribution in [0.15, 0.2) is 17.0 Å². The summed E-state index contributed by atoms with van der Waals surface area (Å²) in [6.07, 6.45) is 3.52. The Morgan fingerprint density at radius 1 is 1.38 bits per heavy atom. The molecule has 1 fully saturated rings. The standard InChI is InChI=1S/C19H27BrN6O3/c1-18(2,3)29-17(28)25-7-6-12(19(4,5)10-25)23-14-11(15(21)27)8-22-26-9-13(20)24-16(14)26/h8-9,12,23H,6-7,10H2,1-5H3,(H2,21,27). The van der Waals surface area contributed by atoms with E-state index < -0.39 is 11.5 Å². The van der Waals surface area contributed by atoms with Gasteiger partial charge in [-0.15, -0.1) is 0 Å². The van der Waals surface area contributed by atoms with E-state index in [4.69, 9.17) is 10.5 Å². The van der Waals surface area contributed by atoms with Crippen molar-refractivity contribution in [2.75, 3.05) is 18.4 Å². The van der Waals surface area contributed by atoms with Crippen molar-refractivity contribution in [3.8, 4) is 0 Å². The summed E-state index contributed by atoms with van der Waals surface area (Å²) in [6.45, 7) is 10.8. The van der Waals surface area contributed by atoms with Gasteiger partial charge < -0.3 is 20.7 Å². The van der Waals surface area contributed by atoms with Crippen molar-refractivity contribution in [1.82, 2.24) is 19.5 Å². The zero-order valence-corrected chi connectivity index (χ0v) is 18.9. The number of halogens is 1. The van der Waals surface area contributed by atoms with Crippen molar-refractivity contribution in [2.24, 2.45) is 11.1 Å². The second kappa shape index (κ2) is 7.47. The fraction of sp³-hybridized carbons (Fsp3) is 0.579. The SMILES string of the molecule is CC(C)(C)OC(=O)N1CCC(Nc2c(C(N)=O)cnn3cc(Br)nc23)C(C)(C)C1. The second-order valence-corrected chi connectivity index (χ2v) is 9.82. The Labute approximate surface area is 178 Å². The van der Waals surface area contributed by atoms with E-state index in [1.54, 1.807) is 15.6 Å². The van der Waals surface area contributed by atoms with E-state index >= 15 is 0 Å². The summed E-state index contributed by atoms with van der Waals surface area (Å²) in [6, 6.07) is -0.0130. The number of anilines is 1. The van der Waals surface area contributed by atoms with Crippen molar-refractivity contribution in [2.45, 2.75) is 52.7 Å². The van der Waals surface area contributed by atoms with Crippen LogP contribution in [0.25, 0.3) is 5.65 Å². The smallest absolute Gasteiger partial charge is 0.410 e. The van der Waals surface area contributed by atoms with Crippen molar-refractivity contribution in [3.63, 3.8) is 0 Å². The first-order valence-corrected chi connectivity index (χ1v) is 10.2. The normalized spacial score (nSPS) is 19.2. The molecule has 1 aliphatic rings. The zero-order valence-electron chi connectivity index (χ0n) is 17.3. The van der Waals surface area contributed by atoms with Crippen LogP contribution in [0.4, 0.5) is 10.5 Å². The highest BCUT2D eigenvalue weighted by atomic mass is 79.9. The van der Waals surface area contributed by atoms with Gasteiger partial charge in [-0.1, -0.05) is 13.8 Å². The molecule has 2 amide bonds. The lowest BCUT2D eigenvalue weighted by Gasteiger charge is -2.45. The van der Waals surface area contributed by atoms with Gasteiger partial charge in [-0.3, -0.25) is 4.79 Å². The molecule has 2 aromatic rings. The van der Waals surface area contributed by atoms with Crippen LogP contribution in [0.5, 0.6) is 0 Å². The monoisotopic (exact) mass is 466 g/mol. The summed E-state index contributed by atoms with van der Waals surface area (Å²) in [5.74, 6) is -0.578. The molecular weight excluding hydrogens is 440 g/mol. The number of nitrogens with zero attached hydrogens (tertiary/aromatic N) is 4. The molecular formula is C19H27BrN6O3. The summed E-state index contributed by atoms with van der Waals surface area (Å²) in [4.78, 5) is 30.6. The lowest BCUT2D eigenvalue weighted by molar-refractivity contribution is 0.00691. The summed E-state index contributed by atoms with van der Waals surface area (Å²) >= 11 is 3.34. The van der Waals surface area contributed by atoms with E-state index in [2.05, 4.69) is 45.2 Å². The average Bonchev–Trinajstić information content (AvgIpc) is 2.95. The van der Waals surface area contributed by atoms with Crippen LogP contribution < -0.4 is 11.1 Å². The van der Waals surface area contributed by atoms with Crippen molar-refractivity contribution in [1.29, 1.82) is 0 Å². The molecule has 3 rings (SSSR count). The lowest BCUT2D eigenvalue weighted by Crippen LogP contribution is -2.54. The van der Waals surface area contributed by atoms with Gasteiger partial charge in [-0.05, 0) is 43.1 Å². The highest BCUT2D eigenvalue weighted by Gasteiger charge is 2.39. The van der Waals surface area contributed by atoms with Crippen LogP contribution in [-0.2, 0) is 4.74 Å². The van der Waals surface area contributed by atoms with Crippen molar-refractivity contribution < 1.29 is 14.3 Å². The number of likely N-dealkylation sites (tertiary alicyclic amines) is 1. The Kier molecular flexibility index (Phi) is 5.50. The Morgan fingerprint density at radius 3 is 2.66 bits per heavy atom. The summed E-state index contributed by atoms with van der Waals surface area (Å²) in [5, 5.41) is 7.66. The number of aromatic nitrogens is 3.